The van der Waals surface area contributed by atoms with Crippen LogP contribution in [0.2, 0.25) is 0 Å². The standard InChI is InChI=1S/C12H10Br2F6N2O/c1-2-10(11(15,16)17,12(18,19)20)22-9(23)21-8-4-3-6(13)5-7(8)14/h3-5H,2H2,1H3,(H2,21,22,23). The zero-order chi connectivity index (χ0) is 18.1. The highest BCUT2D eigenvalue weighted by molar-refractivity contribution is 9.11. The average molecular weight is 472 g/mol. The summed E-state index contributed by atoms with van der Waals surface area (Å²) in [5, 5.41) is 2.97. The number of urea groups is 1. The van der Waals surface area contributed by atoms with Gasteiger partial charge in [0.2, 0.25) is 5.54 Å². The van der Waals surface area contributed by atoms with Crippen molar-refractivity contribution in [2.45, 2.75) is 31.2 Å². The monoisotopic (exact) mass is 470 g/mol. The van der Waals surface area contributed by atoms with Gasteiger partial charge in [-0.15, -0.1) is 0 Å². The molecule has 0 saturated heterocycles. The van der Waals surface area contributed by atoms with Crippen LogP contribution in [0.15, 0.2) is 27.1 Å². The predicted octanol–water partition coefficient (Wildman–Crippen LogP) is 5.61. The molecule has 0 atom stereocenters. The lowest BCUT2D eigenvalue weighted by Crippen LogP contribution is -2.67. The molecule has 1 aromatic carbocycles. The number of carbonyl (C=O) groups excluding carboxylic acids is 1. The molecule has 0 heterocycles. The summed E-state index contributed by atoms with van der Waals surface area (Å²) in [6, 6.07) is 2.62. The van der Waals surface area contributed by atoms with Crippen molar-refractivity contribution in [1.82, 2.24) is 5.32 Å². The fraction of sp³-hybridized carbons (Fsp3) is 0.417. The molecular weight excluding hydrogens is 462 g/mol. The van der Waals surface area contributed by atoms with Crippen LogP contribution in [-0.2, 0) is 0 Å². The number of amides is 2. The van der Waals surface area contributed by atoms with Crippen molar-refractivity contribution < 1.29 is 31.1 Å². The molecule has 0 unspecified atom stereocenters. The molecule has 1 aromatic rings. The van der Waals surface area contributed by atoms with Gasteiger partial charge in [0.05, 0.1) is 5.69 Å². The second-order valence-corrected chi connectivity index (χ2v) is 6.23. The third-order valence-corrected chi connectivity index (χ3v) is 4.15. The van der Waals surface area contributed by atoms with Crippen molar-refractivity contribution >= 4 is 43.6 Å². The highest BCUT2D eigenvalue weighted by Gasteiger charge is 2.70. The van der Waals surface area contributed by atoms with Crippen LogP contribution < -0.4 is 10.6 Å². The summed E-state index contributed by atoms with van der Waals surface area (Å²) in [7, 11) is 0. The van der Waals surface area contributed by atoms with Crippen LogP contribution in [0.25, 0.3) is 0 Å². The summed E-state index contributed by atoms with van der Waals surface area (Å²) in [6.45, 7) is 0.691. The predicted molar refractivity (Wildman–Crippen MR) is 79.1 cm³/mol. The van der Waals surface area contributed by atoms with Gasteiger partial charge in [0.1, 0.15) is 0 Å². The molecule has 2 amide bonds. The molecule has 11 heteroatoms. The lowest BCUT2D eigenvalue weighted by atomic mass is 9.94. The van der Waals surface area contributed by atoms with Crippen molar-refractivity contribution in [2.24, 2.45) is 0 Å². The van der Waals surface area contributed by atoms with E-state index < -0.39 is 30.3 Å². The molecule has 3 nitrogen and oxygen atoms in total. The number of carbonyl (C=O) groups is 1. The highest BCUT2D eigenvalue weighted by Crippen LogP contribution is 2.45. The Morgan fingerprint density at radius 2 is 1.61 bits per heavy atom. The Morgan fingerprint density at radius 3 is 2.00 bits per heavy atom. The average Bonchev–Trinajstić information content (AvgIpc) is 2.36. The van der Waals surface area contributed by atoms with E-state index in [4.69, 9.17) is 0 Å². The molecule has 0 aliphatic rings. The number of nitrogens with one attached hydrogen (secondary N) is 2. The summed E-state index contributed by atoms with van der Waals surface area (Å²) in [5.74, 6) is 0. The normalized spacial score (nSPS) is 12.9. The van der Waals surface area contributed by atoms with Crippen molar-refractivity contribution in [3.63, 3.8) is 0 Å². The SMILES string of the molecule is CCC(NC(=O)Nc1ccc(Br)cc1Br)(C(F)(F)F)C(F)(F)F. The van der Waals surface area contributed by atoms with Crippen LogP contribution >= 0.6 is 31.9 Å². The van der Waals surface area contributed by atoms with Gasteiger partial charge in [0.25, 0.3) is 0 Å². The molecular formula is C12H10Br2F6N2O. The second-order valence-electron chi connectivity index (χ2n) is 4.46. The first-order valence-corrected chi connectivity index (χ1v) is 7.60. The quantitative estimate of drug-likeness (QED) is 0.553. The highest BCUT2D eigenvalue weighted by atomic mass is 79.9. The maximum Gasteiger partial charge on any atom is 0.420 e. The molecule has 0 aromatic heterocycles. The number of rotatable bonds is 3. The zero-order valence-corrected chi connectivity index (χ0v) is 14.5. The van der Waals surface area contributed by atoms with Gasteiger partial charge in [-0.3, -0.25) is 0 Å². The van der Waals surface area contributed by atoms with Gasteiger partial charge >= 0.3 is 18.4 Å². The Labute approximate surface area is 144 Å². The van der Waals surface area contributed by atoms with Crippen LogP contribution in [0.4, 0.5) is 36.8 Å². The van der Waals surface area contributed by atoms with Gasteiger partial charge in [-0.05, 0) is 40.5 Å². The molecule has 0 aliphatic carbocycles. The largest absolute Gasteiger partial charge is 0.420 e. The smallest absolute Gasteiger partial charge is 0.316 e. The summed E-state index contributed by atoms with van der Waals surface area (Å²) in [4.78, 5) is 11.7. The van der Waals surface area contributed by atoms with E-state index in [9.17, 15) is 31.1 Å². The minimum Gasteiger partial charge on any atom is -0.316 e. The van der Waals surface area contributed by atoms with Crippen LogP contribution in [-0.4, -0.2) is 23.9 Å². The lowest BCUT2D eigenvalue weighted by Gasteiger charge is -2.37. The molecule has 0 fully saturated rings. The summed E-state index contributed by atoms with van der Waals surface area (Å²) < 4.78 is 78.4. The molecule has 1 rings (SSSR count). The number of halogens is 8. The van der Waals surface area contributed by atoms with Gasteiger partial charge in [-0.2, -0.15) is 26.3 Å². The topological polar surface area (TPSA) is 41.1 Å². The second kappa shape index (κ2) is 6.88. The summed E-state index contributed by atoms with van der Waals surface area (Å²) in [5.41, 5.74) is -4.31. The maximum atomic E-state index is 12.9. The molecule has 130 valence electrons. The Morgan fingerprint density at radius 1 is 1.09 bits per heavy atom. The molecule has 0 radical (unpaired) electrons. The zero-order valence-electron chi connectivity index (χ0n) is 11.4. The summed E-state index contributed by atoms with van der Waals surface area (Å²) >= 11 is 6.15. The molecule has 0 bridgehead atoms. The van der Waals surface area contributed by atoms with Crippen LogP contribution in [0.3, 0.4) is 0 Å². The van der Waals surface area contributed by atoms with Gasteiger partial charge in [0.15, 0.2) is 0 Å². The Kier molecular flexibility index (Phi) is 6.00. The van der Waals surface area contributed by atoms with Crippen molar-refractivity contribution in [3.05, 3.63) is 27.1 Å². The molecule has 0 spiro atoms. The lowest BCUT2D eigenvalue weighted by molar-refractivity contribution is -0.304. The number of hydrogen-bond acceptors (Lipinski definition) is 1. The molecule has 0 saturated carbocycles. The Bertz CT molecular complexity index is 574. The number of benzene rings is 1. The number of alkyl halides is 6. The van der Waals surface area contributed by atoms with E-state index in [-0.39, 0.29) is 10.2 Å². The Hall–Kier alpha value is -0.970. The summed E-state index contributed by atoms with van der Waals surface area (Å²) in [6.07, 6.45) is -12.8. The third-order valence-electron chi connectivity index (χ3n) is 3.00. The third kappa shape index (κ3) is 4.31. The minimum atomic E-state index is -5.70. The van der Waals surface area contributed by atoms with Crippen LogP contribution in [0.5, 0.6) is 0 Å². The molecule has 2 N–H and O–H groups in total. The minimum absolute atomic E-state index is 0.0139. The van der Waals surface area contributed by atoms with E-state index in [0.29, 0.717) is 11.4 Å². The molecule has 0 aliphatic heterocycles. The van der Waals surface area contributed by atoms with Gasteiger partial charge in [-0.1, -0.05) is 22.9 Å². The van der Waals surface area contributed by atoms with E-state index in [0.717, 1.165) is 5.32 Å². The van der Waals surface area contributed by atoms with E-state index >= 15 is 0 Å². The fourth-order valence-electron chi connectivity index (χ4n) is 1.73. The first-order valence-electron chi connectivity index (χ1n) is 6.01. The Balaban J connectivity index is 3.07. The van der Waals surface area contributed by atoms with Gasteiger partial charge < -0.3 is 10.6 Å². The van der Waals surface area contributed by atoms with Gasteiger partial charge in [0, 0.05) is 8.95 Å². The van der Waals surface area contributed by atoms with E-state index in [1.54, 1.807) is 0 Å². The number of anilines is 1. The van der Waals surface area contributed by atoms with Gasteiger partial charge in [-0.25, -0.2) is 4.79 Å². The van der Waals surface area contributed by atoms with Crippen molar-refractivity contribution in [2.75, 3.05) is 5.32 Å². The van der Waals surface area contributed by atoms with E-state index in [1.807, 2.05) is 5.32 Å². The number of hydrogen-bond donors (Lipinski definition) is 2. The molecule has 23 heavy (non-hydrogen) atoms. The van der Waals surface area contributed by atoms with E-state index in [1.165, 1.54) is 18.2 Å². The first kappa shape index (κ1) is 20.1. The van der Waals surface area contributed by atoms with Crippen molar-refractivity contribution in [3.8, 4) is 0 Å². The maximum absolute atomic E-state index is 12.9. The van der Waals surface area contributed by atoms with E-state index in [2.05, 4.69) is 31.9 Å². The van der Waals surface area contributed by atoms with Crippen LogP contribution in [0, 0.1) is 0 Å². The van der Waals surface area contributed by atoms with Crippen LogP contribution in [0.1, 0.15) is 13.3 Å². The van der Waals surface area contributed by atoms with Crippen molar-refractivity contribution in [1.29, 1.82) is 0 Å². The fourth-order valence-corrected chi connectivity index (χ4v) is 2.88. The first-order chi connectivity index (χ1) is 10.3.